The lowest BCUT2D eigenvalue weighted by Crippen LogP contribution is -2.53. The van der Waals surface area contributed by atoms with Gasteiger partial charge < -0.3 is 39.9 Å². The second-order valence-electron chi connectivity index (χ2n) is 13.1. The molecule has 254 valence electrons. The number of amides is 4. The Morgan fingerprint density at radius 1 is 0.872 bits per heavy atom. The number of piperidine rings is 3. The van der Waals surface area contributed by atoms with Gasteiger partial charge in [0.05, 0.1) is 16.1 Å². The van der Waals surface area contributed by atoms with Gasteiger partial charge in [-0.2, -0.15) is 0 Å². The monoisotopic (exact) mass is 687 g/mol. The molecule has 4 aliphatic rings. The number of nitrogens with one attached hydrogen (secondary N) is 1. The molecule has 4 heterocycles. The van der Waals surface area contributed by atoms with Crippen LogP contribution in [0.1, 0.15) is 49.7 Å². The molecule has 13 heteroatoms. The van der Waals surface area contributed by atoms with Crippen LogP contribution in [0.25, 0.3) is 0 Å². The van der Waals surface area contributed by atoms with Crippen molar-refractivity contribution in [1.29, 1.82) is 0 Å². The van der Waals surface area contributed by atoms with E-state index in [1.54, 1.807) is 9.80 Å². The second kappa shape index (κ2) is 14.9. The summed E-state index contributed by atoms with van der Waals surface area (Å²) >= 11 is 12.4. The summed E-state index contributed by atoms with van der Waals surface area (Å²) in [5.41, 5.74) is 2.51. The molecule has 2 aromatic rings. The Morgan fingerprint density at radius 3 is 2.17 bits per heavy atom. The molecular weight excluding hydrogens is 645 g/mol. The van der Waals surface area contributed by atoms with Crippen LogP contribution in [-0.2, 0) is 22.4 Å². The van der Waals surface area contributed by atoms with Gasteiger partial charge in [-0.3, -0.25) is 4.79 Å². The molecule has 3 fully saturated rings. The zero-order valence-electron chi connectivity index (χ0n) is 26.5. The number of hydrogen-bond donors (Lipinski definition) is 3. The Bertz CT molecular complexity index is 1430. The van der Waals surface area contributed by atoms with Gasteiger partial charge in [0.25, 0.3) is 5.91 Å². The van der Waals surface area contributed by atoms with Crippen LogP contribution >= 0.6 is 23.2 Å². The highest BCUT2D eigenvalue weighted by atomic mass is 35.5. The molecule has 0 aromatic heterocycles. The maximum Gasteiger partial charge on any atom is 0.410 e. The van der Waals surface area contributed by atoms with Crippen molar-refractivity contribution in [1.82, 2.24) is 19.6 Å². The van der Waals surface area contributed by atoms with Gasteiger partial charge in [0.2, 0.25) is 0 Å². The summed E-state index contributed by atoms with van der Waals surface area (Å²) in [6.45, 7) is 4.19. The molecule has 4 aliphatic heterocycles. The topological polar surface area (TPSA) is 126 Å². The first-order valence-electron chi connectivity index (χ1n) is 16.6. The Morgan fingerprint density at radius 2 is 1.49 bits per heavy atom. The molecule has 11 nitrogen and oxygen atoms in total. The van der Waals surface area contributed by atoms with E-state index in [0.29, 0.717) is 57.2 Å². The van der Waals surface area contributed by atoms with E-state index in [2.05, 4.69) is 10.2 Å². The minimum absolute atomic E-state index is 0.0171. The Kier molecular flexibility index (Phi) is 10.7. The van der Waals surface area contributed by atoms with Crippen LogP contribution in [-0.4, -0.2) is 118 Å². The van der Waals surface area contributed by atoms with Crippen LogP contribution in [0.2, 0.25) is 10.0 Å². The lowest BCUT2D eigenvalue weighted by Gasteiger charge is -2.41. The molecule has 4 amide bonds. The molecule has 47 heavy (non-hydrogen) atoms. The van der Waals surface area contributed by atoms with E-state index in [1.165, 1.54) is 12.1 Å². The van der Waals surface area contributed by atoms with Crippen molar-refractivity contribution >= 4 is 46.9 Å². The highest BCUT2D eigenvalue weighted by Gasteiger charge is 2.36. The van der Waals surface area contributed by atoms with Crippen LogP contribution in [0.3, 0.4) is 0 Å². The Labute approximate surface area is 285 Å². The van der Waals surface area contributed by atoms with Crippen LogP contribution in [0.4, 0.5) is 15.3 Å². The number of fused-ring (bicyclic) bond motifs is 1. The predicted molar refractivity (Wildman–Crippen MR) is 179 cm³/mol. The summed E-state index contributed by atoms with van der Waals surface area (Å²) in [5, 5.41) is 23.1. The number of aliphatic hydroxyl groups is 1. The smallest absolute Gasteiger partial charge is 0.410 e. The third kappa shape index (κ3) is 7.91. The van der Waals surface area contributed by atoms with Crippen molar-refractivity contribution in [3.63, 3.8) is 0 Å². The summed E-state index contributed by atoms with van der Waals surface area (Å²) < 4.78 is 5.95. The zero-order chi connectivity index (χ0) is 33.1. The molecule has 3 saturated heterocycles. The van der Waals surface area contributed by atoms with Gasteiger partial charge in [0.1, 0.15) is 0 Å². The number of carbonyl (C=O) groups excluding carboxylic acids is 3. The van der Waals surface area contributed by atoms with E-state index in [0.717, 1.165) is 56.4 Å². The highest BCUT2D eigenvalue weighted by Crippen LogP contribution is 2.34. The third-order valence-electron chi connectivity index (χ3n) is 10.1. The van der Waals surface area contributed by atoms with Gasteiger partial charge >= 0.3 is 12.1 Å². The van der Waals surface area contributed by atoms with E-state index in [4.69, 9.17) is 27.9 Å². The molecule has 0 unspecified atom stereocenters. The Hall–Kier alpha value is -3.25. The number of urea groups is 1. The first-order chi connectivity index (χ1) is 22.7. The highest BCUT2D eigenvalue weighted by molar-refractivity contribution is 6.37. The standard InChI is InChI=1S/C34H43Cl2N5O6/c35-27-19-22(20-28(36)31(27)43)21-30(32(44)39-12-6-24(7-13-39)38-16-10-26(42)11-17-38)47-34(46)40-14-8-25(9-15-40)41-18-5-23-3-1-2-4-29(23)37-33(41)45/h1-4,19-20,24-26,30,42-43H,5-18,21H2,(H,37,45)/t30-/m1/s1. The molecule has 2 aromatic carbocycles. The van der Waals surface area contributed by atoms with E-state index >= 15 is 0 Å². The van der Waals surface area contributed by atoms with Gasteiger partial charge in [-0.15, -0.1) is 0 Å². The number of para-hydroxylation sites is 1. The minimum atomic E-state index is -1.10. The number of hydrogen-bond acceptors (Lipinski definition) is 7. The normalized spacial score (nSPS) is 21.2. The minimum Gasteiger partial charge on any atom is -0.505 e. The molecule has 0 saturated carbocycles. The predicted octanol–water partition coefficient (Wildman–Crippen LogP) is 4.75. The molecule has 0 aliphatic carbocycles. The average molecular weight is 689 g/mol. The van der Waals surface area contributed by atoms with Crippen molar-refractivity contribution < 1.29 is 29.3 Å². The number of aliphatic hydroxyl groups excluding tert-OH is 1. The van der Waals surface area contributed by atoms with Gasteiger partial charge in [0.15, 0.2) is 11.9 Å². The summed E-state index contributed by atoms with van der Waals surface area (Å²) in [4.78, 5) is 48.1. The third-order valence-corrected chi connectivity index (χ3v) is 10.7. The van der Waals surface area contributed by atoms with Crippen molar-refractivity contribution in [2.24, 2.45) is 0 Å². The molecule has 0 radical (unpaired) electrons. The summed E-state index contributed by atoms with van der Waals surface area (Å²) in [7, 11) is 0. The van der Waals surface area contributed by atoms with Crippen LogP contribution in [0, 0.1) is 0 Å². The fourth-order valence-corrected chi connectivity index (χ4v) is 7.86. The Balaban J connectivity index is 1.08. The van der Waals surface area contributed by atoms with E-state index in [1.807, 2.05) is 29.2 Å². The van der Waals surface area contributed by atoms with Gasteiger partial charge in [-0.25, -0.2) is 9.59 Å². The van der Waals surface area contributed by atoms with Crippen molar-refractivity contribution in [2.45, 2.75) is 75.7 Å². The average Bonchev–Trinajstić information content (AvgIpc) is 3.25. The van der Waals surface area contributed by atoms with E-state index in [-0.39, 0.29) is 46.3 Å². The number of carbonyl (C=O) groups is 3. The van der Waals surface area contributed by atoms with Crippen LogP contribution < -0.4 is 5.32 Å². The number of rotatable bonds is 6. The summed E-state index contributed by atoms with van der Waals surface area (Å²) in [6.07, 6.45) is 3.25. The van der Waals surface area contributed by atoms with E-state index < -0.39 is 12.2 Å². The van der Waals surface area contributed by atoms with Gasteiger partial charge in [0, 0.05) is 70.0 Å². The lowest BCUT2D eigenvalue weighted by atomic mass is 9.98. The summed E-state index contributed by atoms with van der Waals surface area (Å²) in [6, 6.07) is 11.1. The van der Waals surface area contributed by atoms with Crippen molar-refractivity contribution in [2.75, 3.05) is 51.1 Å². The molecule has 0 spiro atoms. The number of likely N-dealkylation sites (tertiary alicyclic amines) is 3. The second-order valence-corrected chi connectivity index (χ2v) is 13.9. The number of benzene rings is 2. The lowest BCUT2D eigenvalue weighted by molar-refractivity contribution is -0.142. The number of phenols is 1. The quantitative estimate of drug-likeness (QED) is 0.400. The molecule has 6 rings (SSSR count). The van der Waals surface area contributed by atoms with Gasteiger partial charge in [-0.05, 0) is 74.3 Å². The molecular formula is C34H43Cl2N5O6. The van der Waals surface area contributed by atoms with Gasteiger partial charge in [-0.1, -0.05) is 41.4 Å². The number of anilines is 1. The number of aromatic hydroxyl groups is 1. The largest absolute Gasteiger partial charge is 0.505 e. The first-order valence-corrected chi connectivity index (χ1v) is 17.4. The van der Waals surface area contributed by atoms with Crippen LogP contribution in [0.5, 0.6) is 5.75 Å². The van der Waals surface area contributed by atoms with Crippen molar-refractivity contribution in [3.05, 3.63) is 57.6 Å². The molecule has 0 bridgehead atoms. The van der Waals surface area contributed by atoms with Crippen molar-refractivity contribution in [3.8, 4) is 5.75 Å². The SMILES string of the molecule is O=C(O[C@H](Cc1cc(Cl)c(O)c(Cl)c1)C(=O)N1CCC(N2CCC(O)CC2)CC1)N1CCC(N2CCc3ccccc3NC2=O)CC1. The fraction of sp³-hybridized carbons (Fsp3) is 0.559. The molecule has 3 N–H and O–H groups in total. The number of halogens is 2. The zero-order valence-corrected chi connectivity index (χ0v) is 28.0. The van der Waals surface area contributed by atoms with Crippen LogP contribution in [0.15, 0.2) is 36.4 Å². The number of ether oxygens (including phenoxy) is 1. The maximum absolute atomic E-state index is 13.9. The maximum atomic E-state index is 13.9. The molecule has 1 atom stereocenters. The fourth-order valence-electron chi connectivity index (χ4n) is 7.33. The van der Waals surface area contributed by atoms with E-state index in [9.17, 15) is 24.6 Å². The number of nitrogens with zero attached hydrogens (tertiary/aromatic N) is 4. The summed E-state index contributed by atoms with van der Waals surface area (Å²) in [5.74, 6) is -0.518. The first kappa shape index (κ1) is 33.6. The number of phenolic OH excluding ortho intramolecular Hbond substituents is 1.